The molecule has 0 unspecified atom stereocenters. The standard InChI is InChI=1S/C12H16N2OS/c1-9-4-6-15-12(9)7-13-5-3-11-8-16-10(2)14-11/h4,6,8,13H,3,5,7H2,1-2H3. The minimum absolute atomic E-state index is 0.794. The lowest BCUT2D eigenvalue weighted by molar-refractivity contribution is 0.481. The fourth-order valence-corrected chi connectivity index (χ4v) is 2.17. The lowest BCUT2D eigenvalue weighted by Gasteiger charge is -2.01. The normalized spacial score (nSPS) is 10.9. The third kappa shape index (κ3) is 2.93. The predicted molar refractivity (Wildman–Crippen MR) is 65.7 cm³/mol. The number of aromatic nitrogens is 1. The maximum atomic E-state index is 5.34. The van der Waals surface area contributed by atoms with Gasteiger partial charge < -0.3 is 9.73 Å². The number of nitrogens with zero attached hydrogens (tertiary/aromatic N) is 1. The van der Waals surface area contributed by atoms with Crippen molar-refractivity contribution in [3.8, 4) is 0 Å². The van der Waals surface area contributed by atoms with Gasteiger partial charge in [0.15, 0.2) is 0 Å². The highest BCUT2D eigenvalue weighted by atomic mass is 32.1. The van der Waals surface area contributed by atoms with Crippen LogP contribution in [0.3, 0.4) is 0 Å². The third-order valence-corrected chi connectivity index (χ3v) is 3.30. The zero-order valence-corrected chi connectivity index (χ0v) is 10.4. The fraction of sp³-hybridized carbons (Fsp3) is 0.417. The zero-order chi connectivity index (χ0) is 11.4. The average molecular weight is 236 g/mol. The Morgan fingerprint density at radius 3 is 2.94 bits per heavy atom. The highest BCUT2D eigenvalue weighted by Crippen LogP contribution is 2.09. The quantitative estimate of drug-likeness (QED) is 0.811. The molecule has 0 saturated carbocycles. The summed E-state index contributed by atoms with van der Waals surface area (Å²) < 4.78 is 5.34. The lowest BCUT2D eigenvalue weighted by atomic mass is 10.3. The topological polar surface area (TPSA) is 38.1 Å². The van der Waals surface area contributed by atoms with Gasteiger partial charge in [0, 0.05) is 18.3 Å². The molecule has 0 aliphatic rings. The molecule has 0 radical (unpaired) electrons. The third-order valence-electron chi connectivity index (χ3n) is 2.48. The van der Waals surface area contributed by atoms with Gasteiger partial charge in [0.25, 0.3) is 0 Å². The first-order valence-electron chi connectivity index (χ1n) is 5.40. The van der Waals surface area contributed by atoms with Gasteiger partial charge >= 0.3 is 0 Å². The first kappa shape index (κ1) is 11.4. The Hall–Kier alpha value is -1.13. The van der Waals surface area contributed by atoms with Crippen LogP contribution in [-0.2, 0) is 13.0 Å². The summed E-state index contributed by atoms with van der Waals surface area (Å²) in [6, 6.07) is 1.99. The molecule has 0 aromatic carbocycles. The summed E-state index contributed by atoms with van der Waals surface area (Å²) in [5.41, 5.74) is 2.38. The van der Waals surface area contributed by atoms with Crippen LogP contribution in [0.2, 0.25) is 0 Å². The van der Waals surface area contributed by atoms with Crippen molar-refractivity contribution in [1.29, 1.82) is 0 Å². The van der Waals surface area contributed by atoms with Crippen LogP contribution in [0.15, 0.2) is 22.1 Å². The van der Waals surface area contributed by atoms with Crippen LogP contribution in [0.25, 0.3) is 0 Å². The van der Waals surface area contributed by atoms with Crippen molar-refractivity contribution in [3.63, 3.8) is 0 Å². The molecule has 86 valence electrons. The molecule has 2 aromatic rings. The van der Waals surface area contributed by atoms with E-state index in [9.17, 15) is 0 Å². The SMILES string of the molecule is Cc1nc(CCNCc2occc2C)cs1. The minimum atomic E-state index is 0.794. The van der Waals surface area contributed by atoms with E-state index < -0.39 is 0 Å². The number of nitrogens with one attached hydrogen (secondary N) is 1. The van der Waals surface area contributed by atoms with Gasteiger partial charge in [-0.15, -0.1) is 11.3 Å². The lowest BCUT2D eigenvalue weighted by Crippen LogP contribution is -2.16. The van der Waals surface area contributed by atoms with Gasteiger partial charge in [0.2, 0.25) is 0 Å². The molecular weight excluding hydrogens is 220 g/mol. The van der Waals surface area contributed by atoms with Crippen molar-refractivity contribution in [3.05, 3.63) is 39.7 Å². The molecule has 1 N–H and O–H groups in total. The molecule has 0 atom stereocenters. The smallest absolute Gasteiger partial charge is 0.120 e. The van der Waals surface area contributed by atoms with Crippen molar-refractivity contribution in [1.82, 2.24) is 10.3 Å². The van der Waals surface area contributed by atoms with Crippen molar-refractivity contribution < 1.29 is 4.42 Å². The number of furan rings is 1. The van der Waals surface area contributed by atoms with Crippen LogP contribution < -0.4 is 5.32 Å². The molecule has 3 nitrogen and oxygen atoms in total. The van der Waals surface area contributed by atoms with Crippen LogP contribution in [-0.4, -0.2) is 11.5 Å². The Labute approximate surface area is 99.5 Å². The summed E-state index contributed by atoms with van der Waals surface area (Å²) in [5.74, 6) is 1.02. The second-order valence-electron chi connectivity index (χ2n) is 3.81. The molecule has 2 heterocycles. The van der Waals surface area contributed by atoms with Gasteiger partial charge in [-0.1, -0.05) is 0 Å². The molecule has 2 aromatic heterocycles. The average Bonchev–Trinajstić information content (AvgIpc) is 2.83. The van der Waals surface area contributed by atoms with E-state index in [4.69, 9.17) is 4.42 Å². The zero-order valence-electron chi connectivity index (χ0n) is 9.62. The van der Waals surface area contributed by atoms with E-state index >= 15 is 0 Å². The summed E-state index contributed by atoms with van der Waals surface area (Å²) in [6.45, 7) is 5.82. The summed E-state index contributed by atoms with van der Waals surface area (Å²) in [6.07, 6.45) is 2.71. The Balaban J connectivity index is 1.71. The van der Waals surface area contributed by atoms with Crippen LogP contribution in [0, 0.1) is 13.8 Å². The van der Waals surface area contributed by atoms with Gasteiger partial charge in [-0.2, -0.15) is 0 Å². The molecule has 4 heteroatoms. The van der Waals surface area contributed by atoms with Gasteiger partial charge in [0.1, 0.15) is 5.76 Å². The molecule has 0 aliphatic carbocycles. The maximum Gasteiger partial charge on any atom is 0.120 e. The molecule has 16 heavy (non-hydrogen) atoms. The minimum Gasteiger partial charge on any atom is -0.468 e. The number of rotatable bonds is 5. The fourth-order valence-electron chi connectivity index (χ4n) is 1.53. The Morgan fingerprint density at radius 1 is 1.44 bits per heavy atom. The molecule has 0 spiro atoms. The highest BCUT2D eigenvalue weighted by molar-refractivity contribution is 7.09. The number of hydrogen-bond donors (Lipinski definition) is 1. The van der Waals surface area contributed by atoms with E-state index in [1.165, 1.54) is 11.3 Å². The second kappa shape index (κ2) is 5.27. The van der Waals surface area contributed by atoms with Gasteiger partial charge in [-0.05, 0) is 25.5 Å². The molecular formula is C12H16N2OS. The van der Waals surface area contributed by atoms with E-state index in [1.807, 2.05) is 13.0 Å². The van der Waals surface area contributed by atoms with E-state index in [1.54, 1.807) is 17.6 Å². The van der Waals surface area contributed by atoms with E-state index in [2.05, 4.69) is 22.6 Å². The first-order chi connectivity index (χ1) is 7.75. The van der Waals surface area contributed by atoms with Gasteiger partial charge in [-0.25, -0.2) is 4.98 Å². The Morgan fingerprint density at radius 2 is 2.31 bits per heavy atom. The van der Waals surface area contributed by atoms with Crippen molar-refractivity contribution in [2.24, 2.45) is 0 Å². The predicted octanol–water partition coefficient (Wildman–Crippen LogP) is 2.69. The van der Waals surface area contributed by atoms with Gasteiger partial charge in [0.05, 0.1) is 23.5 Å². The number of thiazole rings is 1. The van der Waals surface area contributed by atoms with Crippen molar-refractivity contribution in [2.45, 2.75) is 26.8 Å². The molecule has 2 rings (SSSR count). The first-order valence-corrected chi connectivity index (χ1v) is 6.28. The van der Waals surface area contributed by atoms with Crippen LogP contribution in [0.5, 0.6) is 0 Å². The van der Waals surface area contributed by atoms with Crippen molar-refractivity contribution in [2.75, 3.05) is 6.54 Å². The molecule has 0 amide bonds. The number of aryl methyl sites for hydroxylation is 2. The molecule has 0 saturated heterocycles. The number of hydrogen-bond acceptors (Lipinski definition) is 4. The molecule has 0 fully saturated rings. The Bertz CT molecular complexity index is 447. The van der Waals surface area contributed by atoms with E-state index in [-0.39, 0.29) is 0 Å². The van der Waals surface area contributed by atoms with Crippen LogP contribution >= 0.6 is 11.3 Å². The van der Waals surface area contributed by atoms with Crippen LogP contribution in [0.4, 0.5) is 0 Å². The molecule has 0 aliphatic heterocycles. The highest BCUT2D eigenvalue weighted by Gasteiger charge is 2.01. The summed E-state index contributed by atoms with van der Waals surface area (Å²) >= 11 is 1.71. The Kier molecular flexibility index (Phi) is 3.74. The largest absolute Gasteiger partial charge is 0.468 e. The molecule has 0 bridgehead atoms. The van der Waals surface area contributed by atoms with E-state index in [0.29, 0.717) is 0 Å². The summed E-state index contributed by atoms with van der Waals surface area (Å²) in [7, 11) is 0. The summed E-state index contributed by atoms with van der Waals surface area (Å²) in [4.78, 5) is 4.42. The van der Waals surface area contributed by atoms with E-state index in [0.717, 1.165) is 30.3 Å². The second-order valence-corrected chi connectivity index (χ2v) is 4.87. The monoisotopic (exact) mass is 236 g/mol. The summed E-state index contributed by atoms with van der Waals surface area (Å²) in [5, 5.41) is 6.61. The maximum absolute atomic E-state index is 5.34. The van der Waals surface area contributed by atoms with Gasteiger partial charge in [-0.3, -0.25) is 0 Å². The van der Waals surface area contributed by atoms with Crippen molar-refractivity contribution >= 4 is 11.3 Å². The van der Waals surface area contributed by atoms with Crippen LogP contribution in [0.1, 0.15) is 22.0 Å².